The number of halogens is 1. The normalized spacial score (nSPS) is 11.6. The minimum Gasteiger partial charge on any atom is -0.352 e. The Morgan fingerprint density at radius 1 is 0.857 bits per heavy atom. The summed E-state index contributed by atoms with van der Waals surface area (Å²) in [7, 11) is -3.92. The Balaban J connectivity index is 1.48. The average molecular weight is 489 g/mol. The van der Waals surface area contributed by atoms with Crippen molar-refractivity contribution in [3.8, 4) is 0 Å². The maximum atomic E-state index is 13.6. The summed E-state index contributed by atoms with van der Waals surface area (Å²) in [6.45, 7) is 0.395. The van der Waals surface area contributed by atoms with Gasteiger partial charge in [0.15, 0.2) is 0 Å². The first kappa shape index (κ1) is 24.2. The summed E-state index contributed by atoms with van der Waals surface area (Å²) >= 11 is 0. The van der Waals surface area contributed by atoms with E-state index >= 15 is 0 Å². The van der Waals surface area contributed by atoms with Crippen molar-refractivity contribution < 1.29 is 17.6 Å². The lowest BCUT2D eigenvalue weighted by molar-refractivity contribution is -0.116. The minimum absolute atomic E-state index is 0.115. The van der Waals surface area contributed by atoms with E-state index in [4.69, 9.17) is 0 Å². The van der Waals surface area contributed by atoms with Crippen molar-refractivity contribution in [1.82, 2.24) is 5.32 Å². The van der Waals surface area contributed by atoms with Gasteiger partial charge in [0.25, 0.3) is 10.0 Å². The first-order valence-electron chi connectivity index (χ1n) is 11.2. The molecule has 4 aromatic rings. The zero-order valence-electron chi connectivity index (χ0n) is 19.0. The van der Waals surface area contributed by atoms with E-state index in [2.05, 4.69) is 5.32 Å². The van der Waals surface area contributed by atoms with Crippen molar-refractivity contribution >= 4 is 38.5 Å². The van der Waals surface area contributed by atoms with Crippen LogP contribution in [0.1, 0.15) is 12.0 Å². The highest BCUT2D eigenvalue weighted by Crippen LogP contribution is 2.26. The Morgan fingerprint density at radius 2 is 1.54 bits per heavy atom. The number of amides is 1. The average Bonchev–Trinajstić information content (AvgIpc) is 2.88. The zero-order chi connectivity index (χ0) is 24.7. The summed E-state index contributed by atoms with van der Waals surface area (Å²) < 4.78 is 41.9. The SMILES string of the molecule is O=C(/C=C/c1ccccc1)NCCCN(c1ccc(F)cc1)S(=O)(=O)c1ccc2ccccc2c1. The summed E-state index contributed by atoms with van der Waals surface area (Å²) in [5.41, 5.74) is 1.27. The van der Waals surface area contributed by atoms with Gasteiger partial charge in [-0.15, -0.1) is 0 Å². The van der Waals surface area contributed by atoms with Crippen LogP contribution < -0.4 is 9.62 Å². The van der Waals surface area contributed by atoms with E-state index in [0.717, 1.165) is 16.3 Å². The van der Waals surface area contributed by atoms with Gasteiger partial charge in [0.05, 0.1) is 10.6 Å². The zero-order valence-corrected chi connectivity index (χ0v) is 19.8. The Morgan fingerprint density at radius 3 is 2.29 bits per heavy atom. The third kappa shape index (κ3) is 6.13. The van der Waals surface area contributed by atoms with Crippen molar-refractivity contribution in [1.29, 1.82) is 0 Å². The third-order valence-corrected chi connectivity index (χ3v) is 7.31. The molecule has 1 amide bonds. The van der Waals surface area contributed by atoms with Crippen molar-refractivity contribution in [3.63, 3.8) is 0 Å². The lowest BCUT2D eigenvalue weighted by Gasteiger charge is -2.25. The van der Waals surface area contributed by atoms with Gasteiger partial charge < -0.3 is 5.32 Å². The van der Waals surface area contributed by atoms with Crippen molar-refractivity contribution in [3.05, 3.63) is 115 Å². The van der Waals surface area contributed by atoms with Crippen LogP contribution in [0.5, 0.6) is 0 Å². The highest BCUT2D eigenvalue weighted by Gasteiger charge is 2.25. The molecule has 0 aliphatic heterocycles. The molecule has 0 saturated carbocycles. The molecule has 0 atom stereocenters. The number of carbonyl (C=O) groups is 1. The fourth-order valence-corrected chi connectivity index (χ4v) is 5.22. The molecule has 1 N–H and O–H groups in total. The maximum Gasteiger partial charge on any atom is 0.264 e. The van der Waals surface area contributed by atoms with Crippen LogP contribution in [0.2, 0.25) is 0 Å². The van der Waals surface area contributed by atoms with Crippen LogP contribution in [-0.2, 0) is 14.8 Å². The number of hydrogen-bond donors (Lipinski definition) is 1. The predicted octanol–water partition coefficient (Wildman–Crippen LogP) is 5.39. The van der Waals surface area contributed by atoms with E-state index in [1.54, 1.807) is 24.3 Å². The van der Waals surface area contributed by atoms with Gasteiger partial charge in [0.1, 0.15) is 5.82 Å². The fourth-order valence-electron chi connectivity index (χ4n) is 3.68. The van der Waals surface area contributed by atoms with Gasteiger partial charge in [0.2, 0.25) is 5.91 Å². The van der Waals surface area contributed by atoms with Crippen molar-refractivity contribution in [2.75, 3.05) is 17.4 Å². The number of carbonyl (C=O) groups excluding carboxylic acids is 1. The molecule has 0 aliphatic carbocycles. The van der Waals surface area contributed by atoms with Gasteiger partial charge in [-0.2, -0.15) is 0 Å². The highest BCUT2D eigenvalue weighted by atomic mass is 32.2. The van der Waals surface area contributed by atoms with Gasteiger partial charge in [-0.1, -0.05) is 60.7 Å². The molecular weight excluding hydrogens is 463 g/mol. The fraction of sp³-hybridized carbons (Fsp3) is 0.107. The summed E-state index contributed by atoms with van der Waals surface area (Å²) in [6, 6.07) is 27.3. The Hall–Kier alpha value is -3.97. The molecule has 5 nitrogen and oxygen atoms in total. The quantitative estimate of drug-likeness (QED) is 0.254. The number of nitrogens with zero attached hydrogens (tertiary/aromatic N) is 1. The van der Waals surface area contributed by atoms with Crippen LogP contribution in [0.25, 0.3) is 16.8 Å². The second kappa shape index (κ2) is 11.0. The molecule has 0 heterocycles. The van der Waals surface area contributed by atoms with Crippen LogP contribution in [0, 0.1) is 5.82 Å². The largest absolute Gasteiger partial charge is 0.352 e. The first-order valence-corrected chi connectivity index (χ1v) is 12.7. The number of rotatable bonds is 9. The van der Waals surface area contributed by atoms with Gasteiger partial charge in [0, 0.05) is 19.2 Å². The van der Waals surface area contributed by atoms with Crippen molar-refractivity contribution in [2.24, 2.45) is 0 Å². The van der Waals surface area contributed by atoms with E-state index in [0.29, 0.717) is 12.1 Å². The van der Waals surface area contributed by atoms with E-state index in [1.807, 2.05) is 54.6 Å². The molecule has 35 heavy (non-hydrogen) atoms. The lowest BCUT2D eigenvalue weighted by Crippen LogP contribution is -2.34. The van der Waals surface area contributed by atoms with Crippen LogP contribution in [0.4, 0.5) is 10.1 Å². The summed E-state index contributed by atoms with van der Waals surface area (Å²) in [4.78, 5) is 12.3. The minimum atomic E-state index is -3.92. The van der Waals surface area contributed by atoms with Gasteiger partial charge in [-0.25, -0.2) is 12.8 Å². The summed E-state index contributed by atoms with van der Waals surface area (Å²) in [5, 5.41) is 4.52. The van der Waals surface area contributed by atoms with E-state index in [9.17, 15) is 17.6 Å². The Bertz CT molecular complexity index is 1440. The lowest BCUT2D eigenvalue weighted by atomic mass is 10.1. The van der Waals surface area contributed by atoms with E-state index in [1.165, 1.54) is 34.6 Å². The Labute approximate surface area is 204 Å². The van der Waals surface area contributed by atoms with E-state index < -0.39 is 15.8 Å². The Kier molecular flexibility index (Phi) is 7.57. The molecule has 7 heteroatoms. The molecular formula is C28H25FN2O3S. The second-order valence-corrected chi connectivity index (χ2v) is 9.81. The van der Waals surface area contributed by atoms with Crippen molar-refractivity contribution in [2.45, 2.75) is 11.3 Å². The van der Waals surface area contributed by atoms with E-state index in [-0.39, 0.29) is 23.9 Å². The predicted molar refractivity (Wildman–Crippen MR) is 138 cm³/mol. The molecule has 4 aromatic carbocycles. The molecule has 0 fully saturated rings. The summed E-state index contributed by atoms with van der Waals surface area (Å²) in [6.07, 6.45) is 3.53. The van der Waals surface area contributed by atoms with Gasteiger partial charge >= 0.3 is 0 Å². The topological polar surface area (TPSA) is 66.5 Å². The monoisotopic (exact) mass is 488 g/mol. The first-order chi connectivity index (χ1) is 16.9. The van der Waals surface area contributed by atoms with Gasteiger partial charge in [-0.3, -0.25) is 9.10 Å². The number of benzene rings is 4. The van der Waals surface area contributed by atoms with Crippen LogP contribution in [0.15, 0.2) is 108 Å². The molecule has 4 rings (SSSR count). The highest BCUT2D eigenvalue weighted by molar-refractivity contribution is 7.92. The smallest absolute Gasteiger partial charge is 0.264 e. The molecule has 0 bridgehead atoms. The second-order valence-electron chi connectivity index (χ2n) is 7.95. The molecule has 0 unspecified atom stereocenters. The van der Waals surface area contributed by atoms with Gasteiger partial charge in [-0.05, 0) is 65.2 Å². The molecule has 0 aliphatic rings. The standard InChI is InChI=1S/C28H25FN2O3S/c29-25-13-15-26(16-14-25)31(20-6-19-30-28(32)18-11-22-7-2-1-3-8-22)35(33,34)27-17-12-23-9-4-5-10-24(23)21-27/h1-5,7-18,21H,6,19-20H2,(H,30,32)/b18-11+. The number of sulfonamides is 1. The number of hydrogen-bond acceptors (Lipinski definition) is 3. The molecule has 0 spiro atoms. The maximum absolute atomic E-state index is 13.6. The summed E-state index contributed by atoms with van der Waals surface area (Å²) in [5.74, 6) is -0.714. The number of nitrogens with one attached hydrogen (secondary N) is 1. The third-order valence-electron chi connectivity index (χ3n) is 5.49. The molecule has 0 radical (unpaired) electrons. The molecule has 0 aromatic heterocycles. The van der Waals surface area contributed by atoms with Crippen LogP contribution in [-0.4, -0.2) is 27.4 Å². The number of anilines is 1. The number of fused-ring (bicyclic) bond motifs is 1. The molecule has 178 valence electrons. The molecule has 0 saturated heterocycles. The van der Waals surface area contributed by atoms with Crippen LogP contribution >= 0.6 is 0 Å². The van der Waals surface area contributed by atoms with Crippen LogP contribution in [0.3, 0.4) is 0 Å².